The van der Waals surface area contributed by atoms with Crippen LogP contribution in [0.25, 0.3) is 0 Å². The van der Waals surface area contributed by atoms with Gasteiger partial charge in [0.25, 0.3) is 0 Å². The molecule has 17 heavy (non-hydrogen) atoms. The summed E-state index contributed by atoms with van der Waals surface area (Å²) in [4.78, 5) is 18.3. The van der Waals surface area contributed by atoms with Gasteiger partial charge in [0.15, 0.2) is 5.13 Å². The molecule has 1 amide bonds. The van der Waals surface area contributed by atoms with Crippen LogP contribution in [0, 0.1) is 0 Å². The molecule has 0 aliphatic carbocycles. The molecule has 0 fully saturated rings. The van der Waals surface area contributed by atoms with Crippen molar-refractivity contribution in [1.82, 2.24) is 9.88 Å². The molecule has 0 atom stereocenters. The van der Waals surface area contributed by atoms with Crippen molar-refractivity contribution >= 4 is 22.4 Å². The topological polar surface area (TPSA) is 71.2 Å². The molecule has 0 radical (unpaired) electrons. The van der Waals surface area contributed by atoms with E-state index in [1.54, 1.807) is 11.3 Å². The molecule has 1 aromatic rings. The van der Waals surface area contributed by atoms with Crippen molar-refractivity contribution in [2.24, 2.45) is 5.73 Å². The fourth-order valence-electron chi connectivity index (χ4n) is 1.41. The number of thiazole rings is 1. The Hall–Kier alpha value is -1.14. The molecular formula is C11H20N4OS. The Labute approximate surface area is 106 Å². The number of carbonyl (C=O) groups is 1. The van der Waals surface area contributed by atoms with Crippen molar-refractivity contribution in [2.45, 2.75) is 26.8 Å². The molecule has 1 rings (SSSR count). The van der Waals surface area contributed by atoms with Crippen LogP contribution in [0.3, 0.4) is 0 Å². The Balaban J connectivity index is 2.48. The van der Waals surface area contributed by atoms with Gasteiger partial charge >= 0.3 is 0 Å². The van der Waals surface area contributed by atoms with Gasteiger partial charge in [-0.15, -0.1) is 11.3 Å². The van der Waals surface area contributed by atoms with Crippen LogP contribution in [0.15, 0.2) is 6.20 Å². The highest BCUT2D eigenvalue weighted by molar-refractivity contribution is 7.15. The lowest BCUT2D eigenvalue weighted by molar-refractivity contribution is -0.119. The minimum absolute atomic E-state index is 0.291. The second-order valence-electron chi connectivity index (χ2n) is 3.83. The summed E-state index contributed by atoms with van der Waals surface area (Å²) < 4.78 is 0. The number of primary amides is 1. The second kappa shape index (κ2) is 7.24. The van der Waals surface area contributed by atoms with E-state index in [4.69, 9.17) is 5.73 Å². The van der Waals surface area contributed by atoms with Gasteiger partial charge in [-0.1, -0.05) is 13.8 Å². The average Bonchev–Trinajstić information content (AvgIpc) is 2.72. The summed E-state index contributed by atoms with van der Waals surface area (Å²) in [6, 6.07) is 0. The van der Waals surface area contributed by atoms with Gasteiger partial charge in [0.1, 0.15) is 0 Å². The summed E-state index contributed by atoms with van der Waals surface area (Å²) in [5.41, 5.74) is 5.19. The van der Waals surface area contributed by atoms with E-state index in [-0.39, 0.29) is 5.91 Å². The van der Waals surface area contributed by atoms with Crippen molar-refractivity contribution in [2.75, 3.05) is 25.0 Å². The Morgan fingerprint density at radius 3 is 2.94 bits per heavy atom. The minimum atomic E-state index is -0.291. The molecule has 6 heteroatoms. The molecule has 5 nitrogen and oxygen atoms in total. The second-order valence-corrected chi connectivity index (χ2v) is 4.94. The highest BCUT2D eigenvalue weighted by Crippen LogP contribution is 2.19. The Morgan fingerprint density at radius 2 is 2.35 bits per heavy atom. The van der Waals surface area contributed by atoms with Crippen LogP contribution < -0.4 is 11.1 Å². The van der Waals surface area contributed by atoms with E-state index >= 15 is 0 Å². The number of hydrogen-bond donors (Lipinski definition) is 2. The average molecular weight is 256 g/mol. The molecule has 0 saturated heterocycles. The number of nitrogens with two attached hydrogens (primary N) is 1. The first-order valence-electron chi connectivity index (χ1n) is 5.85. The van der Waals surface area contributed by atoms with E-state index in [1.165, 1.54) is 0 Å². The van der Waals surface area contributed by atoms with Crippen molar-refractivity contribution in [1.29, 1.82) is 0 Å². The third-order valence-electron chi connectivity index (χ3n) is 2.29. The predicted molar refractivity (Wildman–Crippen MR) is 71.0 cm³/mol. The van der Waals surface area contributed by atoms with Crippen molar-refractivity contribution in [3.63, 3.8) is 0 Å². The van der Waals surface area contributed by atoms with E-state index < -0.39 is 0 Å². The Bertz CT molecular complexity index is 353. The number of rotatable bonds is 8. The van der Waals surface area contributed by atoms with Gasteiger partial charge in [0.2, 0.25) is 5.91 Å². The first-order chi connectivity index (χ1) is 8.15. The van der Waals surface area contributed by atoms with E-state index in [1.807, 2.05) is 18.0 Å². The highest BCUT2D eigenvalue weighted by Gasteiger charge is 2.09. The van der Waals surface area contributed by atoms with Crippen LogP contribution in [0.1, 0.15) is 25.1 Å². The lowest BCUT2D eigenvalue weighted by atomic mass is 10.4. The van der Waals surface area contributed by atoms with Gasteiger partial charge < -0.3 is 11.1 Å². The van der Waals surface area contributed by atoms with Crippen molar-refractivity contribution < 1.29 is 4.79 Å². The standard InChI is InChI=1S/C11H20N4OS/c1-3-5-13-11-14-6-9(17-11)7-15(4-2)8-10(12)16/h6H,3-5,7-8H2,1-2H3,(H2,12,16)(H,13,14). The zero-order valence-electron chi connectivity index (χ0n) is 10.4. The molecule has 3 N–H and O–H groups in total. The van der Waals surface area contributed by atoms with Crippen molar-refractivity contribution in [3.05, 3.63) is 11.1 Å². The monoisotopic (exact) mass is 256 g/mol. The van der Waals surface area contributed by atoms with Gasteiger partial charge in [-0.25, -0.2) is 4.98 Å². The molecule has 0 aromatic carbocycles. The molecule has 0 aliphatic rings. The molecule has 0 bridgehead atoms. The number of nitrogens with one attached hydrogen (secondary N) is 1. The first-order valence-corrected chi connectivity index (χ1v) is 6.66. The maximum atomic E-state index is 10.9. The zero-order valence-corrected chi connectivity index (χ0v) is 11.2. The van der Waals surface area contributed by atoms with Crippen LogP contribution in [-0.4, -0.2) is 35.4 Å². The SMILES string of the molecule is CCCNc1ncc(CN(CC)CC(N)=O)s1. The maximum Gasteiger partial charge on any atom is 0.231 e. The Kier molecular flexibility index (Phi) is 5.93. The third kappa shape index (κ3) is 5.14. The lowest BCUT2D eigenvalue weighted by Gasteiger charge is -2.16. The largest absolute Gasteiger partial charge is 0.369 e. The number of anilines is 1. The zero-order chi connectivity index (χ0) is 12.7. The summed E-state index contributed by atoms with van der Waals surface area (Å²) in [6.07, 6.45) is 2.93. The van der Waals surface area contributed by atoms with Crippen molar-refractivity contribution in [3.8, 4) is 0 Å². The van der Waals surface area contributed by atoms with E-state index in [0.717, 1.165) is 36.1 Å². The molecule has 0 aliphatic heterocycles. The fourth-order valence-corrected chi connectivity index (χ4v) is 2.30. The number of aromatic nitrogens is 1. The van der Waals surface area contributed by atoms with Crippen LogP contribution in [0.4, 0.5) is 5.13 Å². The fraction of sp³-hybridized carbons (Fsp3) is 0.636. The minimum Gasteiger partial charge on any atom is -0.369 e. The molecule has 1 aromatic heterocycles. The molecule has 96 valence electrons. The maximum absolute atomic E-state index is 10.9. The number of likely N-dealkylation sites (N-methyl/N-ethyl adjacent to an activating group) is 1. The van der Waals surface area contributed by atoms with Crippen LogP contribution in [-0.2, 0) is 11.3 Å². The van der Waals surface area contributed by atoms with Gasteiger partial charge in [-0.3, -0.25) is 9.69 Å². The normalized spacial score (nSPS) is 10.8. The van der Waals surface area contributed by atoms with Gasteiger partial charge in [-0.05, 0) is 13.0 Å². The lowest BCUT2D eigenvalue weighted by Crippen LogP contribution is -2.32. The summed E-state index contributed by atoms with van der Waals surface area (Å²) in [5, 5.41) is 4.19. The summed E-state index contributed by atoms with van der Waals surface area (Å²) in [6.45, 7) is 6.90. The van der Waals surface area contributed by atoms with Gasteiger partial charge in [0, 0.05) is 24.2 Å². The summed E-state index contributed by atoms with van der Waals surface area (Å²) in [7, 11) is 0. The van der Waals surface area contributed by atoms with E-state index in [9.17, 15) is 4.79 Å². The highest BCUT2D eigenvalue weighted by atomic mass is 32.1. The quantitative estimate of drug-likeness (QED) is 0.735. The molecule has 0 saturated carbocycles. The van der Waals surface area contributed by atoms with Crippen LogP contribution in [0.2, 0.25) is 0 Å². The molecule has 0 spiro atoms. The first kappa shape index (κ1) is 13.9. The molecule has 1 heterocycles. The van der Waals surface area contributed by atoms with E-state index in [2.05, 4.69) is 17.2 Å². The molecule has 0 unspecified atom stereocenters. The van der Waals surface area contributed by atoms with Crippen LogP contribution >= 0.6 is 11.3 Å². The number of hydrogen-bond acceptors (Lipinski definition) is 5. The summed E-state index contributed by atoms with van der Waals surface area (Å²) >= 11 is 1.63. The Morgan fingerprint density at radius 1 is 1.59 bits per heavy atom. The number of nitrogens with zero attached hydrogens (tertiary/aromatic N) is 2. The third-order valence-corrected chi connectivity index (χ3v) is 3.23. The van der Waals surface area contributed by atoms with Gasteiger partial charge in [0.05, 0.1) is 6.54 Å². The summed E-state index contributed by atoms with van der Waals surface area (Å²) in [5.74, 6) is -0.291. The number of amides is 1. The molecular weight excluding hydrogens is 236 g/mol. The van der Waals surface area contributed by atoms with Gasteiger partial charge in [-0.2, -0.15) is 0 Å². The van der Waals surface area contributed by atoms with Crippen LogP contribution in [0.5, 0.6) is 0 Å². The van der Waals surface area contributed by atoms with E-state index in [0.29, 0.717) is 6.54 Å². The number of carbonyl (C=O) groups excluding carboxylic acids is 1. The smallest absolute Gasteiger partial charge is 0.231 e. The predicted octanol–water partition coefficient (Wildman–Crippen LogP) is 1.27.